The zero-order chi connectivity index (χ0) is 19.5. The molecule has 0 amide bonds. The van der Waals surface area contributed by atoms with Crippen LogP contribution in [0.5, 0.6) is 5.75 Å². The van der Waals surface area contributed by atoms with Gasteiger partial charge >= 0.3 is 0 Å². The summed E-state index contributed by atoms with van der Waals surface area (Å²) < 4.78 is 23.1. The summed E-state index contributed by atoms with van der Waals surface area (Å²) in [5.74, 6) is 0.796. The average Bonchev–Trinajstić information content (AvgIpc) is 2.74. The van der Waals surface area contributed by atoms with E-state index in [1.165, 1.54) is 0 Å². The van der Waals surface area contributed by atoms with Crippen LogP contribution in [-0.2, 0) is 14.2 Å². The van der Waals surface area contributed by atoms with Gasteiger partial charge in [0, 0.05) is 22.6 Å². The molecule has 1 saturated heterocycles. The topological polar surface area (TPSA) is 54.0 Å². The molecule has 4 atom stereocenters. The molecule has 5 nitrogen and oxygen atoms in total. The SMILES string of the molecule is COc1ccc(C2OCC3OC(CC(=O)c4ccc(Cl)cc4)C=CC3O2)cc1. The minimum Gasteiger partial charge on any atom is -0.497 e. The fourth-order valence-electron chi connectivity index (χ4n) is 3.32. The third-order valence-corrected chi connectivity index (χ3v) is 5.12. The number of methoxy groups -OCH3 is 1. The molecular weight excluding hydrogens is 380 g/mol. The molecule has 4 rings (SSSR count). The van der Waals surface area contributed by atoms with Gasteiger partial charge in [-0.2, -0.15) is 0 Å². The maximum absolute atomic E-state index is 12.4. The first-order valence-corrected chi connectivity index (χ1v) is 9.54. The molecule has 0 aliphatic carbocycles. The summed E-state index contributed by atoms with van der Waals surface area (Å²) in [4.78, 5) is 12.4. The fourth-order valence-corrected chi connectivity index (χ4v) is 3.45. The maximum Gasteiger partial charge on any atom is 0.184 e. The van der Waals surface area contributed by atoms with E-state index in [0.717, 1.165) is 11.3 Å². The first-order valence-electron chi connectivity index (χ1n) is 9.16. The molecule has 146 valence electrons. The van der Waals surface area contributed by atoms with Crippen molar-refractivity contribution >= 4 is 17.4 Å². The number of carbonyl (C=O) groups excluding carboxylic acids is 1. The number of fused-ring (bicyclic) bond motifs is 1. The molecular formula is C22H21ClO5. The van der Waals surface area contributed by atoms with E-state index in [4.69, 9.17) is 30.5 Å². The highest BCUT2D eigenvalue weighted by molar-refractivity contribution is 6.30. The van der Waals surface area contributed by atoms with E-state index >= 15 is 0 Å². The van der Waals surface area contributed by atoms with E-state index in [0.29, 0.717) is 17.2 Å². The number of benzene rings is 2. The molecule has 0 aromatic heterocycles. The van der Waals surface area contributed by atoms with Gasteiger partial charge < -0.3 is 18.9 Å². The molecule has 2 aliphatic rings. The monoisotopic (exact) mass is 400 g/mol. The van der Waals surface area contributed by atoms with Gasteiger partial charge in [-0.1, -0.05) is 35.9 Å². The van der Waals surface area contributed by atoms with E-state index in [1.54, 1.807) is 31.4 Å². The quantitative estimate of drug-likeness (QED) is 0.551. The van der Waals surface area contributed by atoms with Crippen LogP contribution in [0.15, 0.2) is 60.7 Å². The number of hydrogen-bond acceptors (Lipinski definition) is 5. The zero-order valence-corrected chi connectivity index (χ0v) is 16.2. The van der Waals surface area contributed by atoms with Crippen LogP contribution >= 0.6 is 11.6 Å². The average molecular weight is 401 g/mol. The van der Waals surface area contributed by atoms with Crippen LogP contribution < -0.4 is 4.74 Å². The Balaban J connectivity index is 1.37. The molecule has 2 aromatic carbocycles. The Morgan fingerprint density at radius 2 is 1.82 bits per heavy atom. The Morgan fingerprint density at radius 1 is 1.07 bits per heavy atom. The van der Waals surface area contributed by atoms with Crippen molar-refractivity contribution in [3.63, 3.8) is 0 Å². The molecule has 6 heteroatoms. The number of carbonyl (C=O) groups is 1. The summed E-state index contributed by atoms with van der Waals surface area (Å²) >= 11 is 5.87. The van der Waals surface area contributed by atoms with E-state index in [9.17, 15) is 4.79 Å². The first kappa shape index (κ1) is 19.2. The molecule has 2 heterocycles. The van der Waals surface area contributed by atoms with Gasteiger partial charge in [-0.3, -0.25) is 4.79 Å². The Morgan fingerprint density at radius 3 is 2.54 bits per heavy atom. The highest BCUT2D eigenvalue weighted by atomic mass is 35.5. The lowest BCUT2D eigenvalue weighted by atomic mass is 10.0. The Hall–Kier alpha value is -2.18. The van der Waals surface area contributed by atoms with Crippen LogP contribution in [0, 0.1) is 0 Å². The smallest absolute Gasteiger partial charge is 0.184 e. The summed E-state index contributed by atoms with van der Waals surface area (Å²) in [6.45, 7) is 0.400. The lowest BCUT2D eigenvalue weighted by Crippen LogP contribution is -2.45. The lowest BCUT2D eigenvalue weighted by Gasteiger charge is -2.39. The number of ketones is 1. The Kier molecular flexibility index (Phi) is 5.78. The standard InChI is InChI=1S/C22H21ClO5/c1-25-17-8-4-15(5-9-17)22-26-13-21-20(28-22)11-10-18(27-21)12-19(24)14-2-6-16(23)7-3-14/h2-11,18,20-22H,12-13H2,1H3. The van der Waals surface area contributed by atoms with Crippen molar-refractivity contribution < 1.29 is 23.7 Å². The highest BCUT2D eigenvalue weighted by Gasteiger charge is 2.36. The van der Waals surface area contributed by atoms with Gasteiger partial charge in [0.05, 0.1) is 19.8 Å². The van der Waals surface area contributed by atoms with Crippen LogP contribution in [0.1, 0.15) is 28.6 Å². The van der Waals surface area contributed by atoms with Crippen LogP contribution in [-0.4, -0.2) is 37.8 Å². The number of ether oxygens (including phenoxy) is 4. The minimum absolute atomic E-state index is 0.0125. The summed E-state index contributed by atoms with van der Waals surface area (Å²) in [7, 11) is 1.63. The van der Waals surface area contributed by atoms with Crippen LogP contribution in [0.3, 0.4) is 0 Å². The molecule has 0 saturated carbocycles. The van der Waals surface area contributed by atoms with Crippen molar-refractivity contribution in [1.29, 1.82) is 0 Å². The Bertz CT molecular complexity index is 846. The van der Waals surface area contributed by atoms with Crippen LogP contribution in [0.2, 0.25) is 5.02 Å². The third-order valence-electron chi connectivity index (χ3n) is 4.86. The highest BCUT2D eigenvalue weighted by Crippen LogP contribution is 2.32. The molecule has 0 radical (unpaired) electrons. The molecule has 28 heavy (non-hydrogen) atoms. The van der Waals surface area contributed by atoms with E-state index in [2.05, 4.69) is 0 Å². The van der Waals surface area contributed by atoms with E-state index in [1.807, 2.05) is 36.4 Å². The Labute approximate surface area is 168 Å². The van der Waals surface area contributed by atoms with Crippen molar-refractivity contribution in [3.05, 3.63) is 76.8 Å². The van der Waals surface area contributed by atoms with Crippen molar-refractivity contribution in [2.24, 2.45) is 0 Å². The predicted octanol–water partition coefficient (Wildman–Crippen LogP) is 4.36. The van der Waals surface area contributed by atoms with Gasteiger partial charge in [0.25, 0.3) is 0 Å². The van der Waals surface area contributed by atoms with Crippen molar-refractivity contribution in [2.45, 2.75) is 31.0 Å². The van der Waals surface area contributed by atoms with Gasteiger partial charge in [-0.05, 0) is 36.4 Å². The van der Waals surface area contributed by atoms with Crippen LogP contribution in [0.4, 0.5) is 0 Å². The molecule has 2 aliphatic heterocycles. The minimum atomic E-state index is -0.451. The molecule has 0 bridgehead atoms. The van der Waals surface area contributed by atoms with Crippen molar-refractivity contribution in [2.75, 3.05) is 13.7 Å². The van der Waals surface area contributed by atoms with E-state index in [-0.39, 0.29) is 30.5 Å². The molecule has 1 fully saturated rings. The molecule has 0 spiro atoms. The lowest BCUT2D eigenvalue weighted by molar-refractivity contribution is -0.261. The second-order valence-corrected chi connectivity index (χ2v) is 7.21. The van der Waals surface area contributed by atoms with Crippen LogP contribution in [0.25, 0.3) is 0 Å². The summed E-state index contributed by atoms with van der Waals surface area (Å²) in [6, 6.07) is 14.5. The molecule has 4 unspecified atom stereocenters. The molecule has 2 aromatic rings. The van der Waals surface area contributed by atoms with Gasteiger partial charge in [0.2, 0.25) is 0 Å². The van der Waals surface area contributed by atoms with Crippen molar-refractivity contribution in [3.8, 4) is 5.75 Å². The number of hydrogen-bond donors (Lipinski definition) is 0. The maximum atomic E-state index is 12.4. The number of rotatable bonds is 5. The van der Waals surface area contributed by atoms with Crippen molar-refractivity contribution in [1.82, 2.24) is 0 Å². The third kappa shape index (κ3) is 4.28. The largest absolute Gasteiger partial charge is 0.497 e. The normalized spacial score (nSPS) is 26.5. The second-order valence-electron chi connectivity index (χ2n) is 6.77. The van der Waals surface area contributed by atoms with E-state index < -0.39 is 6.29 Å². The zero-order valence-electron chi connectivity index (χ0n) is 15.4. The fraction of sp³-hybridized carbons (Fsp3) is 0.318. The second kappa shape index (κ2) is 8.45. The van der Waals surface area contributed by atoms with Gasteiger partial charge in [-0.25, -0.2) is 0 Å². The summed E-state index contributed by atoms with van der Waals surface area (Å²) in [6.07, 6.45) is 2.94. The predicted molar refractivity (Wildman–Crippen MR) is 105 cm³/mol. The number of Topliss-reactive ketones (excluding diaryl/α,β-unsaturated/α-hetero) is 1. The first-order chi connectivity index (χ1) is 13.6. The van der Waals surface area contributed by atoms with Gasteiger partial charge in [0.1, 0.15) is 18.0 Å². The summed E-state index contributed by atoms with van der Waals surface area (Å²) in [5, 5.41) is 0.608. The van der Waals surface area contributed by atoms with Gasteiger partial charge in [0.15, 0.2) is 12.1 Å². The summed E-state index contributed by atoms with van der Waals surface area (Å²) in [5.41, 5.74) is 1.55. The number of halogens is 1. The molecule has 0 N–H and O–H groups in total. The van der Waals surface area contributed by atoms with Gasteiger partial charge in [-0.15, -0.1) is 0 Å².